The normalized spacial score (nSPS) is 10.8. The lowest BCUT2D eigenvalue weighted by Gasteiger charge is -2.13. The van der Waals surface area contributed by atoms with Crippen molar-refractivity contribution in [2.45, 2.75) is 20.4 Å². The van der Waals surface area contributed by atoms with Gasteiger partial charge in [0.1, 0.15) is 5.69 Å². The number of halogens is 1. The van der Waals surface area contributed by atoms with Crippen LogP contribution in [-0.2, 0) is 13.6 Å². The van der Waals surface area contributed by atoms with Gasteiger partial charge >= 0.3 is 0 Å². The van der Waals surface area contributed by atoms with Crippen LogP contribution in [0.3, 0.4) is 0 Å². The van der Waals surface area contributed by atoms with Gasteiger partial charge in [0, 0.05) is 19.2 Å². The fourth-order valence-electron chi connectivity index (χ4n) is 2.00. The van der Waals surface area contributed by atoms with E-state index in [0.29, 0.717) is 17.3 Å². The van der Waals surface area contributed by atoms with Crippen LogP contribution >= 0.6 is 11.6 Å². The highest BCUT2D eigenvalue weighted by Crippen LogP contribution is 2.35. The van der Waals surface area contributed by atoms with E-state index in [1.165, 1.54) is 0 Å². The predicted octanol–water partition coefficient (Wildman–Crippen LogP) is 3.20. The Morgan fingerprint density at radius 1 is 1.32 bits per heavy atom. The number of rotatable bonds is 4. The summed E-state index contributed by atoms with van der Waals surface area (Å²) in [5.41, 5.74) is 2.86. The molecule has 0 fully saturated rings. The van der Waals surface area contributed by atoms with E-state index in [4.69, 9.17) is 16.3 Å². The van der Waals surface area contributed by atoms with Crippen molar-refractivity contribution in [2.75, 3.05) is 7.05 Å². The molecule has 2 aromatic rings. The molecular weight excluding hydrogens is 262 g/mol. The van der Waals surface area contributed by atoms with Crippen molar-refractivity contribution < 1.29 is 4.74 Å². The first-order valence-electron chi connectivity index (χ1n) is 6.14. The predicted molar refractivity (Wildman–Crippen MR) is 77.0 cm³/mol. The minimum Gasteiger partial charge on any atom is -0.452 e. The topological polar surface area (TPSA) is 39.1 Å². The summed E-state index contributed by atoms with van der Waals surface area (Å²) >= 11 is 6.25. The van der Waals surface area contributed by atoms with E-state index in [1.807, 2.05) is 46.1 Å². The van der Waals surface area contributed by atoms with E-state index in [9.17, 15) is 0 Å². The Hall–Kier alpha value is -1.52. The molecule has 0 aliphatic heterocycles. The summed E-state index contributed by atoms with van der Waals surface area (Å²) in [5, 5.41) is 8.06. The molecule has 1 aromatic carbocycles. The second-order valence-corrected chi connectivity index (χ2v) is 4.89. The molecule has 0 aliphatic carbocycles. The Kier molecular flexibility index (Phi) is 4.12. The zero-order chi connectivity index (χ0) is 14.0. The molecular formula is C14H18ClN3O. The smallest absolute Gasteiger partial charge is 0.171 e. The summed E-state index contributed by atoms with van der Waals surface area (Å²) in [6, 6.07) is 5.75. The molecule has 0 bridgehead atoms. The maximum Gasteiger partial charge on any atom is 0.171 e. The number of benzene rings is 1. The van der Waals surface area contributed by atoms with Crippen molar-refractivity contribution in [3.8, 4) is 11.5 Å². The van der Waals surface area contributed by atoms with E-state index in [0.717, 1.165) is 22.7 Å². The lowest BCUT2D eigenvalue weighted by atomic mass is 10.2. The van der Waals surface area contributed by atoms with Crippen LogP contribution in [0.15, 0.2) is 18.2 Å². The molecule has 0 aliphatic rings. The quantitative estimate of drug-likeness (QED) is 0.934. The van der Waals surface area contributed by atoms with Gasteiger partial charge < -0.3 is 10.1 Å². The van der Waals surface area contributed by atoms with Crippen LogP contribution in [0, 0.1) is 13.8 Å². The Morgan fingerprint density at radius 3 is 2.63 bits per heavy atom. The number of nitrogens with one attached hydrogen (secondary N) is 1. The summed E-state index contributed by atoms with van der Waals surface area (Å²) in [5.74, 6) is 1.46. The van der Waals surface area contributed by atoms with Crippen molar-refractivity contribution in [1.82, 2.24) is 15.1 Å². The van der Waals surface area contributed by atoms with Gasteiger partial charge in [0.25, 0.3) is 0 Å². The summed E-state index contributed by atoms with van der Waals surface area (Å²) in [6.07, 6.45) is 0. The summed E-state index contributed by atoms with van der Waals surface area (Å²) in [4.78, 5) is 0. The maximum absolute atomic E-state index is 6.25. The lowest BCUT2D eigenvalue weighted by Crippen LogP contribution is -2.06. The monoisotopic (exact) mass is 279 g/mol. The molecule has 1 N–H and O–H groups in total. The number of nitrogens with zero attached hydrogens (tertiary/aromatic N) is 2. The van der Waals surface area contributed by atoms with Gasteiger partial charge in [0.15, 0.2) is 11.5 Å². The number of hydrogen-bond donors (Lipinski definition) is 1. The Bertz CT molecular complexity index is 593. The van der Waals surface area contributed by atoms with Crippen molar-refractivity contribution in [3.63, 3.8) is 0 Å². The molecule has 0 atom stereocenters. The van der Waals surface area contributed by atoms with E-state index >= 15 is 0 Å². The largest absolute Gasteiger partial charge is 0.452 e. The van der Waals surface area contributed by atoms with Crippen LogP contribution in [0.25, 0.3) is 0 Å². The summed E-state index contributed by atoms with van der Waals surface area (Å²) in [7, 11) is 3.79. The molecule has 5 heteroatoms. The van der Waals surface area contributed by atoms with Gasteiger partial charge in [-0.2, -0.15) is 5.10 Å². The lowest BCUT2D eigenvalue weighted by molar-refractivity contribution is 0.466. The van der Waals surface area contributed by atoms with E-state index in [2.05, 4.69) is 10.4 Å². The Labute approximate surface area is 118 Å². The van der Waals surface area contributed by atoms with Crippen LogP contribution in [0.1, 0.15) is 17.0 Å². The van der Waals surface area contributed by atoms with Gasteiger partial charge in [0.2, 0.25) is 0 Å². The third-order valence-corrected chi connectivity index (χ3v) is 3.36. The van der Waals surface area contributed by atoms with Crippen LogP contribution in [-0.4, -0.2) is 16.8 Å². The average Bonchev–Trinajstić information content (AvgIpc) is 2.60. The minimum absolute atomic E-state index is 0.607. The number of para-hydroxylation sites is 1. The molecule has 1 aromatic heterocycles. The molecule has 19 heavy (non-hydrogen) atoms. The van der Waals surface area contributed by atoms with Gasteiger partial charge in [-0.1, -0.05) is 23.7 Å². The van der Waals surface area contributed by atoms with Crippen LogP contribution in [0.2, 0.25) is 5.02 Å². The Balaban J connectivity index is 2.42. The molecule has 1 heterocycles. The first kappa shape index (κ1) is 13.9. The van der Waals surface area contributed by atoms with Crippen molar-refractivity contribution >= 4 is 11.6 Å². The SMILES string of the molecule is CNCc1cccc(Cl)c1Oc1c(C)nn(C)c1C. The van der Waals surface area contributed by atoms with E-state index < -0.39 is 0 Å². The number of aromatic nitrogens is 2. The number of ether oxygens (including phenoxy) is 1. The van der Waals surface area contributed by atoms with Crippen LogP contribution < -0.4 is 10.1 Å². The highest BCUT2D eigenvalue weighted by atomic mass is 35.5. The van der Waals surface area contributed by atoms with E-state index in [-0.39, 0.29) is 0 Å². The van der Waals surface area contributed by atoms with Gasteiger partial charge in [-0.3, -0.25) is 4.68 Å². The molecule has 102 valence electrons. The third-order valence-electron chi connectivity index (χ3n) is 3.06. The number of hydrogen-bond acceptors (Lipinski definition) is 3. The van der Waals surface area contributed by atoms with Crippen LogP contribution in [0.5, 0.6) is 11.5 Å². The van der Waals surface area contributed by atoms with Crippen LogP contribution in [0.4, 0.5) is 0 Å². The first-order chi connectivity index (χ1) is 9.04. The second kappa shape index (κ2) is 5.63. The number of aryl methyl sites for hydroxylation is 2. The fourth-order valence-corrected chi connectivity index (χ4v) is 2.23. The van der Waals surface area contributed by atoms with Gasteiger partial charge in [-0.25, -0.2) is 0 Å². The Morgan fingerprint density at radius 2 is 2.05 bits per heavy atom. The van der Waals surface area contributed by atoms with Crippen molar-refractivity contribution in [2.24, 2.45) is 7.05 Å². The molecule has 0 radical (unpaired) electrons. The zero-order valence-electron chi connectivity index (χ0n) is 11.6. The minimum atomic E-state index is 0.607. The molecule has 0 saturated carbocycles. The van der Waals surface area contributed by atoms with Gasteiger partial charge in [0.05, 0.1) is 10.7 Å². The standard InChI is InChI=1S/C14H18ClN3O/c1-9-13(10(2)18(4)17-9)19-14-11(8-16-3)6-5-7-12(14)15/h5-7,16H,8H2,1-4H3. The maximum atomic E-state index is 6.25. The molecule has 0 spiro atoms. The van der Waals surface area contributed by atoms with Crippen molar-refractivity contribution in [1.29, 1.82) is 0 Å². The average molecular weight is 280 g/mol. The molecule has 0 amide bonds. The van der Waals surface area contributed by atoms with E-state index in [1.54, 1.807) is 4.68 Å². The molecule has 2 rings (SSSR count). The molecule has 0 saturated heterocycles. The third kappa shape index (κ3) is 2.74. The summed E-state index contributed by atoms with van der Waals surface area (Å²) < 4.78 is 7.82. The van der Waals surface area contributed by atoms with Crippen molar-refractivity contribution in [3.05, 3.63) is 40.2 Å². The first-order valence-corrected chi connectivity index (χ1v) is 6.52. The molecule has 4 nitrogen and oxygen atoms in total. The highest BCUT2D eigenvalue weighted by molar-refractivity contribution is 6.32. The summed E-state index contributed by atoms with van der Waals surface area (Å²) in [6.45, 7) is 4.61. The fraction of sp³-hybridized carbons (Fsp3) is 0.357. The van der Waals surface area contributed by atoms with Gasteiger partial charge in [-0.15, -0.1) is 0 Å². The second-order valence-electron chi connectivity index (χ2n) is 4.48. The zero-order valence-corrected chi connectivity index (χ0v) is 12.4. The molecule has 0 unspecified atom stereocenters. The highest BCUT2D eigenvalue weighted by Gasteiger charge is 2.15. The van der Waals surface area contributed by atoms with Gasteiger partial charge in [-0.05, 0) is 27.0 Å².